The summed E-state index contributed by atoms with van der Waals surface area (Å²) in [7, 11) is 0. The van der Waals surface area contributed by atoms with Crippen molar-refractivity contribution >= 4 is 16.7 Å². The molecule has 2 N–H and O–H groups in total. The van der Waals surface area contributed by atoms with Gasteiger partial charge in [0.2, 0.25) is 0 Å². The van der Waals surface area contributed by atoms with Crippen LogP contribution in [0.2, 0.25) is 0 Å². The molecule has 1 aliphatic rings. The summed E-state index contributed by atoms with van der Waals surface area (Å²) in [5, 5.41) is 13.6. The molecular weight excluding hydrogens is 340 g/mol. The number of nitrogens with one attached hydrogen (secondary N) is 1. The van der Waals surface area contributed by atoms with Crippen LogP contribution in [0.3, 0.4) is 0 Å². The zero-order valence-corrected chi connectivity index (χ0v) is 16.1. The first-order chi connectivity index (χ1) is 13.1. The fourth-order valence-electron chi connectivity index (χ4n) is 3.95. The number of nitrogens with zero attached hydrogens (tertiary/aromatic N) is 1. The monoisotopic (exact) mass is 370 g/mol. The summed E-state index contributed by atoms with van der Waals surface area (Å²) in [5.41, 5.74) is 0.437. The summed E-state index contributed by atoms with van der Waals surface area (Å²) in [6, 6.07) is 7.15. The molecule has 1 heterocycles. The molecule has 1 atom stereocenters. The van der Waals surface area contributed by atoms with Gasteiger partial charge in [0.05, 0.1) is 0 Å². The molecule has 0 spiro atoms. The van der Waals surface area contributed by atoms with Gasteiger partial charge in [-0.1, -0.05) is 38.7 Å². The van der Waals surface area contributed by atoms with Gasteiger partial charge in [0.25, 0.3) is 11.5 Å². The Balaban J connectivity index is 1.78. The van der Waals surface area contributed by atoms with Gasteiger partial charge in [-0.15, -0.1) is 0 Å². The van der Waals surface area contributed by atoms with E-state index < -0.39 is 0 Å². The number of rotatable bonds is 6. The first kappa shape index (κ1) is 19.6. The van der Waals surface area contributed by atoms with Crippen molar-refractivity contribution in [2.24, 2.45) is 11.8 Å². The van der Waals surface area contributed by atoms with Crippen molar-refractivity contribution < 1.29 is 9.90 Å². The summed E-state index contributed by atoms with van der Waals surface area (Å²) in [4.78, 5) is 25.5. The smallest absolute Gasteiger partial charge is 0.258 e. The van der Waals surface area contributed by atoms with Crippen molar-refractivity contribution in [2.45, 2.75) is 52.0 Å². The Kier molecular flexibility index (Phi) is 6.67. The van der Waals surface area contributed by atoms with Gasteiger partial charge in [-0.2, -0.15) is 0 Å². The number of benzene rings is 1. The summed E-state index contributed by atoms with van der Waals surface area (Å²) in [6.45, 7) is 3.10. The zero-order chi connectivity index (χ0) is 19.2. The Hall–Kier alpha value is -2.14. The number of aliphatic hydroxyl groups is 1. The highest BCUT2D eigenvalue weighted by Crippen LogP contribution is 2.22. The van der Waals surface area contributed by atoms with Crippen LogP contribution in [0.25, 0.3) is 10.8 Å². The van der Waals surface area contributed by atoms with Crippen molar-refractivity contribution in [3.8, 4) is 0 Å². The largest absolute Gasteiger partial charge is 0.396 e. The van der Waals surface area contributed by atoms with Gasteiger partial charge in [-0.05, 0) is 42.9 Å². The van der Waals surface area contributed by atoms with Crippen LogP contribution in [-0.4, -0.2) is 28.7 Å². The lowest BCUT2D eigenvalue weighted by Gasteiger charge is -2.16. The van der Waals surface area contributed by atoms with E-state index in [9.17, 15) is 14.7 Å². The average Bonchev–Trinajstić information content (AvgIpc) is 2.96. The second-order valence-electron chi connectivity index (χ2n) is 7.90. The van der Waals surface area contributed by atoms with Crippen molar-refractivity contribution in [3.63, 3.8) is 0 Å². The lowest BCUT2D eigenvalue weighted by Crippen LogP contribution is -2.30. The van der Waals surface area contributed by atoms with Gasteiger partial charge in [0, 0.05) is 42.2 Å². The number of hydrogen-bond acceptors (Lipinski definition) is 3. The molecule has 1 saturated carbocycles. The Labute approximate surface area is 160 Å². The van der Waals surface area contributed by atoms with E-state index in [1.54, 1.807) is 29.0 Å². The molecule has 0 saturated heterocycles. The molecule has 5 nitrogen and oxygen atoms in total. The topological polar surface area (TPSA) is 71.3 Å². The molecule has 0 bridgehead atoms. The maximum Gasteiger partial charge on any atom is 0.258 e. The van der Waals surface area contributed by atoms with Gasteiger partial charge in [0.15, 0.2) is 0 Å². The molecule has 1 aromatic carbocycles. The van der Waals surface area contributed by atoms with Crippen molar-refractivity contribution in [1.82, 2.24) is 9.88 Å². The van der Waals surface area contributed by atoms with Crippen LogP contribution < -0.4 is 10.9 Å². The normalized spacial score (nSPS) is 16.8. The third-order valence-corrected chi connectivity index (χ3v) is 5.61. The van der Waals surface area contributed by atoms with E-state index in [-0.39, 0.29) is 24.0 Å². The molecule has 0 radical (unpaired) electrons. The fraction of sp³-hybridized carbons (Fsp3) is 0.545. The van der Waals surface area contributed by atoms with Crippen LogP contribution in [0.15, 0.2) is 35.3 Å². The Morgan fingerprint density at radius 3 is 2.63 bits per heavy atom. The van der Waals surface area contributed by atoms with Gasteiger partial charge in [0.1, 0.15) is 0 Å². The van der Waals surface area contributed by atoms with Gasteiger partial charge in [-0.3, -0.25) is 9.59 Å². The van der Waals surface area contributed by atoms with Gasteiger partial charge >= 0.3 is 0 Å². The summed E-state index contributed by atoms with van der Waals surface area (Å²) in [6.07, 6.45) is 9.19. The molecule has 3 rings (SSSR count). The Morgan fingerprint density at radius 2 is 1.93 bits per heavy atom. The lowest BCUT2D eigenvalue weighted by molar-refractivity contribution is 0.0947. The molecule has 1 aliphatic carbocycles. The minimum Gasteiger partial charge on any atom is -0.396 e. The van der Waals surface area contributed by atoms with Crippen LogP contribution >= 0.6 is 0 Å². The molecule has 0 unspecified atom stereocenters. The fourth-order valence-corrected chi connectivity index (χ4v) is 3.95. The van der Waals surface area contributed by atoms with Crippen molar-refractivity contribution in [1.29, 1.82) is 0 Å². The molecule has 5 heteroatoms. The van der Waals surface area contributed by atoms with Crippen LogP contribution in [0.1, 0.15) is 55.8 Å². The molecule has 1 aromatic heterocycles. The molecule has 146 valence electrons. The molecule has 27 heavy (non-hydrogen) atoms. The number of aliphatic hydroxyl groups excluding tert-OH is 1. The van der Waals surface area contributed by atoms with E-state index in [0.29, 0.717) is 35.3 Å². The van der Waals surface area contributed by atoms with Crippen LogP contribution in [0.4, 0.5) is 0 Å². The highest BCUT2D eigenvalue weighted by atomic mass is 16.3. The number of aromatic nitrogens is 1. The predicted molar refractivity (Wildman–Crippen MR) is 108 cm³/mol. The minimum atomic E-state index is -0.119. The molecule has 1 fully saturated rings. The molecular formula is C22H30N2O3. The summed E-state index contributed by atoms with van der Waals surface area (Å²) < 4.78 is 1.61. The second-order valence-corrected chi connectivity index (χ2v) is 7.90. The Bertz CT molecular complexity index is 835. The number of hydrogen-bond donors (Lipinski definition) is 2. The molecule has 2 aromatic rings. The number of carbonyl (C=O) groups is 1. The van der Waals surface area contributed by atoms with Crippen LogP contribution in [0, 0.1) is 11.8 Å². The molecule has 0 aliphatic heterocycles. The van der Waals surface area contributed by atoms with E-state index >= 15 is 0 Å². The van der Waals surface area contributed by atoms with E-state index in [1.165, 1.54) is 38.5 Å². The van der Waals surface area contributed by atoms with E-state index in [4.69, 9.17) is 0 Å². The van der Waals surface area contributed by atoms with E-state index in [1.807, 2.05) is 13.0 Å². The highest BCUT2D eigenvalue weighted by molar-refractivity contribution is 6.06. The highest BCUT2D eigenvalue weighted by Gasteiger charge is 2.16. The van der Waals surface area contributed by atoms with Gasteiger partial charge < -0.3 is 15.0 Å². The second kappa shape index (κ2) is 9.18. The van der Waals surface area contributed by atoms with Crippen molar-refractivity contribution in [2.75, 3.05) is 13.2 Å². The average molecular weight is 370 g/mol. The lowest BCUT2D eigenvalue weighted by atomic mass is 10.00. The van der Waals surface area contributed by atoms with Crippen LogP contribution in [0.5, 0.6) is 0 Å². The van der Waals surface area contributed by atoms with E-state index in [0.717, 1.165) is 0 Å². The first-order valence-electron chi connectivity index (χ1n) is 10.1. The third kappa shape index (κ3) is 4.78. The number of fused-ring (bicyclic) bond motifs is 1. The minimum absolute atomic E-state index is 0.00575. The van der Waals surface area contributed by atoms with Crippen molar-refractivity contribution in [3.05, 3.63) is 46.4 Å². The van der Waals surface area contributed by atoms with E-state index in [2.05, 4.69) is 5.32 Å². The number of pyridine rings is 1. The number of amides is 1. The van der Waals surface area contributed by atoms with Crippen LogP contribution in [-0.2, 0) is 6.54 Å². The number of carbonyl (C=O) groups excluding carboxylic acids is 1. The summed E-state index contributed by atoms with van der Waals surface area (Å²) in [5.74, 6) is 0.459. The van der Waals surface area contributed by atoms with Gasteiger partial charge in [-0.25, -0.2) is 0 Å². The third-order valence-electron chi connectivity index (χ3n) is 5.61. The maximum atomic E-state index is 12.8. The Morgan fingerprint density at radius 1 is 1.19 bits per heavy atom. The standard InChI is InChI=1S/C22H30N2O3/c1-16(15-25)14-24-12-11-18-19(9-6-10-20(18)22(24)27)21(26)23-13-17-7-4-2-3-5-8-17/h6,9-12,16-17,25H,2-5,7-8,13-15H2,1H3,(H,23,26)/t16-/m0/s1. The zero-order valence-electron chi connectivity index (χ0n) is 16.1. The molecule has 1 amide bonds. The first-order valence-corrected chi connectivity index (χ1v) is 10.1. The quantitative estimate of drug-likeness (QED) is 0.766. The summed E-state index contributed by atoms with van der Waals surface area (Å²) >= 11 is 0. The SMILES string of the molecule is C[C@H](CO)Cn1ccc2c(C(=O)NCC3CCCCCC3)cccc2c1=O. The predicted octanol–water partition coefficient (Wildman–Crippen LogP) is 3.33. The maximum absolute atomic E-state index is 12.8.